The van der Waals surface area contributed by atoms with Crippen LogP contribution in [0.5, 0.6) is 5.75 Å². The van der Waals surface area contributed by atoms with E-state index >= 15 is 0 Å². The highest BCUT2D eigenvalue weighted by Gasteiger charge is 2.01. The molecule has 0 aliphatic rings. The molecule has 4 nitrogen and oxygen atoms in total. The lowest BCUT2D eigenvalue weighted by Gasteiger charge is -2.17. The van der Waals surface area contributed by atoms with Crippen molar-refractivity contribution in [3.05, 3.63) is 54.4 Å². The highest BCUT2D eigenvalue weighted by Crippen LogP contribution is 2.19. The number of hydrogen-bond donors (Lipinski definition) is 1. The third-order valence-corrected chi connectivity index (χ3v) is 3.39. The van der Waals surface area contributed by atoms with Gasteiger partial charge in [-0.25, -0.2) is 0 Å². The molecule has 0 fully saturated rings. The second-order valence-corrected chi connectivity index (χ2v) is 5.15. The first-order chi connectivity index (χ1) is 10.3. The third kappa shape index (κ3) is 5.44. The minimum absolute atomic E-state index is 0.688. The van der Waals surface area contributed by atoms with Gasteiger partial charge < -0.3 is 15.4 Å². The van der Waals surface area contributed by atoms with Gasteiger partial charge in [-0.05, 0) is 49.7 Å². The average molecular weight is 285 g/mol. The Labute approximate surface area is 126 Å². The summed E-state index contributed by atoms with van der Waals surface area (Å²) in [7, 11) is 2.14. The fourth-order valence-corrected chi connectivity index (χ4v) is 2.11. The average Bonchev–Trinajstić information content (AvgIpc) is 2.52. The molecule has 112 valence electrons. The van der Waals surface area contributed by atoms with Gasteiger partial charge in [-0.1, -0.05) is 12.1 Å². The number of likely N-dealkylation sites (N-methyl/N-ethyl adjacent to an activating group) is 1. The molecule has 1 aromatic carbocycles. The van der Waals surface area contributed by atoms with Gasteiger partial charge in [0.1, 0.15) is 5.75 Å². The topological polar surface area (TPSA) is 51.4 Å². The fourth-order valence-electron chi connectivity index (χ4n) is 2.11. The lowest BCUT2D eigenvalue weighted by Crippen LogP contribution is -2.23. The molecule has 0 atom stereocenters. The van der Waals surface area contributed by atoms with Gasteiger partial charge >= 0.3 is 0 Å². The zero-order valence-corrected chi connectivity index (χ0v) is 12.5. The maximum atomic E-state index is 5.83. The largest absolute Gasteiger partial charge is 0.491 e. The van der Waals surface area contributed by atoms with Crippen LogP contribution in [0.2, 0.25) is 0 Å². The summed E-state index contributed by atoms with van der Waals surface area (Å²) in [6.45, 7) is 2.74. The van der Waals surface area contributed by atoms with Crippen LogP contribution in [0.3, 0.4) is 0 Å². The summed E-state index contributed by atoms with van der Waals surface area (Å²) in [6.07, 6.45) is 5.72. The molecule has 1 heterocycles. The Morgan fingerprint density at radius 1 is 1.10 bits per heavy atom. The molecule has 0 bridgehead atoms. The lowest BCUT2D eigenvalue weighted by molar-refractivity contribution is 0.265. The van der Waals surface area contributed by atoms with Crippen molar-refractivity contribution in [1.29, 1.82) is 0 Å². The molecule has 0 unspecified atom stereocenters. The third-order valence-electron chi connectivity index (χ3n) is 3.39. The number of ether oxygens (including phenoxy) is 1. The molecule has 0 amide bonds. The first-order valence-corrected chi connectivity index (χ1v) is 7.30. The van der Waals surface area contributed by atoms with Crippen molar-refractivity contribution in [3.63, 3.8) is 0 Å². The molecule has 0 spiro atoms. The maximum Gasteiger partial charge on any atom is 0.142 e. The molecular formula is C17H23N3O. The molecule has 0 saturated carbocycles. The van der Waals surface area contributed by atoms with Crippen LogP contribution in [0.25, 0.3) is 0 Å². The van der Waals surface area contributed by atoms with Gasteiger partial charge in [0.15, 0.2) is 0 Å². The zero-order chi connectivity index (χ0) is 14.9. The Morgan fingerprint density at radius 3 is 2.62 bits per heavy atom. The predicted molar refractivity (Wildman–Crippen MR) is 86.4 cm³/mol. The Morgan fingerprint density at radius 2 is 1.86 bits per heavy atom. The van der Waals surface area contributed by atoms with E-state index in [1.54, 1.807) is 0 Å². The molecular weight excluding hydrogens is 262 g/mol. The van der Waals surface area contributed by atoms with Crippen LogP contribution in [0.15, 0.2) is 48.8 Å². The fraction of sp³-hybridized carbons (Fsp3) is 0.353. The molecule has 1 aromatic heterocycles. The number of nitrogens with zero attached hydrogens (tertiary/aromatic N) is 2. The molecule has 2 aromatic rings. The maximum absolute atomic E-state index is 5.83. The molecule has 4 heteroatoms. The van der Waals surface area contributed by atoms with Crippen molar-refractivity contribution in [2.45, 2.75) is 12.8 Å². The Kier molecular flexibility index (Phi) is 6.03. The van der Waals surface area contributed by atoms with Crippen LogP contribution in [0.1, 0.15) is 12.0 Å². The van der Waals surface area contributed by atoms with Gasteiger partial charge in [0, 0.05) is 25.5 Å². The van der Waals surface area contributed by atoms with Gasteiger partial charge in [-0.15, -0.1) is 0 Å². The predicted octanol–water partition coefficient (Wildman–Crippen LogP) is 2.61. The first-order valence-electron chi connectivity index (χ1n) is 7.30. The zero-order valence-electron chi connectivity index (χ0n) is 12.5. The summed E-state index contributed by atoms with van der Waals surface area (Å²) in [5.41, 5.74) is 7.86. The van der Waals surface area contributed by atoms with E-state index in [1.165, 1.54) is 5.56 Å². The van der Waals surface area contributed by atoms with Crippen molar-refractivity contribution >= 4 is 5.69 Å². The first kappa shape index (κ1) is 15.3. The van der Waals surface area contributed by atoms with E-state index in [4.69, 9.17) is 10.5 Å². The number of hydrogen-bond acceptors (Lipinski definition) is 4. The van der Waals surface area contributed by atoms with Crippen molar-refractivity contribution in [2.24, 2.45) is 0 Å². The molecule has 0 aliphatic carbocycles. The van der Waals surface area contributed by atoms with E-state index in [2.05, 4.69) is 29.1 Å². The smallest absolute Gasteiger partial charge is 0.142 e. The molecule has 0 radical (unpaired) electrons. The molecule has 2 N–H and O–H groups in total. The highest BCUT2D eigenvalue weighted by molar-refractivity contribution is 5.51. The minimum Gasteiger partial charge on any atom is -0.491 e. The number of nitrogen functional groups attached to an aromatic ring is 1. The van der Waals surface area contributed by atoms with Gasteiger partial charge in [-0.2, -0.15) is 0 Å². The summed E-state index contributed by atoms with van der Waals surface area (Å²) in [6, 6.07) is 11.7. The number of pyridine rings is 1. The number of nitrogens with two attached hydrogens (primary N) is 1. The van der Waals surface area contributed by atoms with E-state index < -0.39 is 0 Å². The summed E-state index contributed by atoms with van der Waals surface area (Å²) in [4.78, 5) is 6.35. The van der Waals surface area contributed by atoms with Crippen molar-refractivity contribution < 1.29 is 4.74 Å². The summed E-state index contributed by atoms with van der Waals surface area (Å²) < 4.78 is 5.69. The highest BCUT2D eigenvalue weighted by atomic mass is 16.5. The van der Waals surface area contributed by atoms with E-state index in [0.29, 0.717) is 12.3 Å². The lowest BCUT2D eigenvalue weighted by atomic mass is 10.2. The van der Waals surface area contributed by atoms with Crippen LogP contribution >= 0.6 is 0 Å². The standard InChI is InChI=1S/C17H23N3O/c1-20(13-9-15-7-10-19-11-8-15)12-4-14-21-17-6-3-2-5-16(17)18/h2-3,5-8,10-11H,4,9,12-14,18H2,1H3. The summed E-state index contributed by atoms with van der Waals surface area (Å²) >= 11 is 0. The number of benzene rings is 1. The monoisotopic (exact) mass is 285 g/mol. The minimum atomic E-state index is 0.688. The Balaban J connectivity index is 1.61. The molecule has 0 aliphatic heterocycles. The normalized spacial score (nSPS) is 10.8. The number of anilines is 1. The molecule has 0 saturated heterocycles. The van der Waals surface area contributed by atoms with Crippen LogP contribution in [0, 0.1) is 0 Å². The number of aromatic nitrogens is 1. The van der Waals surface area contributed by atoms with Gasteiger partial charge in [-0.3, -0.25) is 4.98 Å². The quantitative estimate of drug-likeness (QED) is 0.598. The second kappa shape index (κ2) is 8.27. The van der Waals surface area contributed by atoms with Gasteiger partial charge in [0.2, 0.25) is 0 Å². The van der Waals surface area contributed by atoms with Crippen LogP contribution < -0.4 is 10.5 Å². The Hall–Kier alpha value is -2.07. The summed E-state index contributed by atoms with van der Waals surface area (Å²) in [5.74, 6) is 0.775. The molecule has 2 rings (SSSR count). The van der Waals surface area contributed by atoms with Gasteiger partial charge in [0.25, 0.3) is 0 Å². The van der Waals surface area contributed by atoms with Crippen molar-refractivity contribution in [2.75, 3.05) is 32.5 Å². The number of para-hydroxylation sites is 2. The van der Waals surface area contributed by atoms with E-state index in [0.717, 1.165) is 31.7 Å². The SMILES string of the molecule is CN(CCCOc1ccccc1N)CCc1ccncc1. The van der Waals surface area contributed by atoms with Crippen LogP contribution in [-0.4, -0.2) is 36.6 Å². The van der Waals surface area contributed by atoms with Crippen LogP contribution in [-0.2, 0) is 6.42 Å². The van der Waals surface area contributed by atoms with Crippen LogP contribution in [0.4, 0.5) is 5.69 Å². The van der Waals surface area contributed by atoms with Crippen molar-refractivity contribution in [1.82, 2.24) is 9.88 Å². The van der Waals surface area contributed by atoms with Crippen molar-refractivity contribution in [3.8, 4) is 5.75 Å². The second-order valence-electron chi connectivity index (χ2n) is 5.15. The van der Waals surface area contributed by atoms with E-state index in [1.807, 2.05) is 36.7 Å². The van der Waals surface area contributed by atoms with E-state index in [-0.39, 0.29) is 0 Å². The number of rotatable bonds is 8. The molecule has 21 heavy (non-hydrogen) atoms. The van der Waals surface area contributed by atoms with Gasteiger partial charge in [0.05, 0.1) is 12.3 Å². The Bertz CT molecular complexity index is 531. The summed E-state index contributed by atoms with van der Waals surface area (Å²) in [5, 5.41) is 0. The van der Waals surface area contributed by atoms with E-state index in [9.17, 15) is 0 Å².